The second-order valence-corrected chi connectivity index (χ2v) is 6.50. The molecule has 0 bridgehead atoms. The maximum Gasteiger partial charge on any atom is 0.176 e. The van der Waals surface area contributed by atoms with Gasteiger partial charge in [0.25, 0.3) is 0 Å². The van der Waals surface area contributed by atoms with Crippen LogP contribution in [-0.2, 0) is 6.54 Å². The molecule has 0 unspecified atom stereocenters. The second-order valence-electron chi connectivity index (χ2n) is 5.69. The van der Waals surface area contributed by atoms with Crippen LogP contribution >= 0.6 is 23.8 Å². The molecule has 2 aromatic carbocycles. The topological polar surface area (TPSA) is 60.3 Å². The Hall–Kier alpha value is -2.77. The number of aromatic nitrogens is 2. The first kappa shape index (κ1) is 19.0. The summed E-state index contributed by atoms with van der Waals surface area (Å²) in [5.74, 6) is 1.80. The van der Waals surface area contributed by atoms with E-state index in [2.05, 4.69) is 15.7 Å². The average Bonchev–Trinajstić information content (AvgIpc) is 3.00. The number of anilines is 2. The van der Waals surface area contributed by atoms with E-state index in [1.165, 1.54) is 0 Å². The van der Waals surface area contributed by atoms with Crippen molar-refractivity contribution in [3.63, 3.8) is 0 Å². The lowest BCUT2D eigenvalue weighted by Crippen LogP contribution is -2.19. The fraction of sp³-hybridized carbons (Fsp3) is 0.158. The predicted octanol–water partition coefficient (Wildman–Crippen LogP) is 4.41. The van der Waals surface area contributed by atoms with Gasteiger partial charge in [-0.05, 0) is 17.8 Å². The van der Waals surface area contributed by atoms with E-state index in [0.717, 1.165) is 11.3 Å². The molecule has 8 heteroatoms. The lowest BCUT2D eigenvalue weighted by Gasteiger charge is -2.12. The van der Waals surface area contributed by atoms with Crippen LogP contribution < -0.4 is 20.1 Å². The van der Waals surface area contributed by atoms with Gasteiger partial charge in [0.1, 0.15) is 16.5 Å². The zero-order valence-corrected chi connectivity index (χ0v) is 16.5. The van der Waals surface area contributed by atoms with E-state index < -0.39 is 0 Å². The highest BCUT2D eigenvalue weighted by Gasteiger charge is 2.10. The molecule has 0 aliphatic carbocycles. The smallest absolute Gasteiger partial charge is 0.176 e. The molecule has 0 spiro atoms. The number of halogens is 1. The van der Waals surface area contributed by atoms with Gasteiger partial charge in [-0.2, -0.15) is 5.10 Å². The van der Waals surface area contributed by atoms with E-state index in [1.54, 1.807) is 31.2 Å². The van der Waals surface area contributed by atoms with Gasteiger partial charge in [-0.1, -0.05) is 41.9 Å². The van der Waals surface area contributed by atoms with E-state index in [4.69, 9.17) is 33.3 Å². The first-order valence-electron chi connectivity index (χ1n) is 8.15. The minimum absolute atomic E-state index is 0.358. The van der Waals surface area contributed by atoms with Crippen LogP contribution in [0.3, 0.4) is 0 Å². The summed E-state index contributed by atoms with van der Waals surface area (Å²) < 4.78 is 12.3. The van der Waals surface area contributed by atoms with Gasteiger partial charge in [-0.3, -0.25) is 4.68 Å². The molecule has 2 N–H and O–H groups in total. The van der Waals surface area contributed by atoms with E-state index in [9.17, 15) is 0 Å². The summed E-state index contributed by atoms with van der Waals surface area (Å²) in [6.07, 6.45) is 1.76. The van der Waals surface area contributed by atoms with Crippen molar-refractivity contribution in [1.82, 2.24) is 9.78 Å². The number of hydrogen-bond acceptors (Lipinski definition) is 4. The Morgan fingerprint density at radius 1 is 1.07 bits per heavy atom. The maximum atomic E-state index is 6.28. The number of thiocarbonyl (C=S) groups is 1. The number of ether oxygens (including phenoxy) is 2. The average molecular weight is 403 g/mol. The second kappa shape index (κ2) is 8.75. The third-order valence-electron chi connectivity index (χ3n) is 3.75. The molecule has 0 aliphatic heterocycles. The van der Waals surface area contributed by atoms with Gasteiger partial charge in [-0.25, -0.2) is 0 Å². The lowest BCUT2D eigenvalue weighted by atomic mass is 10.2. The molecule has 0 saturated carbocycles. The summed E-state index contributed by atoms with van der Waals surface area (Å²) >= 11 is 11.6. The summed E-state index contributed by atoms with van der Waals surface area (Å²) in [6.45, 7) is 0.621. The molecule has 1 heterocycles. The van der Waals surface area contributed by atoms with Crippen LogP contribution in [0.2, 0.25) is 5.02 Å². The van der Waals surface area contributed by atoms with Crippen LogP contribution in [0.15, 0.2) is 54.7 Å². The minimum atomic E-state index is 0.358. The van der Waals surface area contributed by atoms with Crippen LogP contribution in [0.25, 0.3) is 0 Å². The largest absolute Gasteiger partial charge is 0.497 e. The Bertz CT molecular complexity index is 908. The summed E-state index contributed by atoms with van der Waals surface area (Å²) in [5, 5.41) is 11.4. The van der Waals surface area contributed by atoms with Crippen LogP contribution in [0.4, 0.5) is 11.5 Å². The van der Waals surface area contributed by atoms with Crippen molar-refractivity contribution in [2.45, 2.75) is 6.54 Å². The van der Waals surface area contributed by atoms with Gasteiger partial charge in [0.2, 0.25) is 0 Å². The summed E-state index contributed by atoms with van der Waals surface area (Å²) in [4.78, 5) is 0. The van der Waals surface area contributed by atoms with Crippen molar-refractivity contribution in [2.24, 2.45) is 0 Å². The molecule has 3 rings (SSSR count). The number of methoxy groups -OCH3 is 2. The standard InChI is InChI=1S/C19H19ClN4O2S/c1-25-15-8-14(9-16(10-15)26-2)21-19(27)22-18-17(20)12-24(23-18)11-13-6-4-3-5-7-13/h3-10,12H,11H2,1-2H3,(H2,21,22,23,27). The van der Waals surface area contributed by atoms with Gasteiger partial charge in [-0.15, -0.1) is 0 Å². The Morgan fingerprint density at radius 2 is 1.74 bits per heavy atom. The quantitative estimate of drug-likeness (QED) is 0.595. The highest BCUT2D eigenvalue weighted by atomic mass is 35.5. The lowest BCUT2D eigenvalue weighted by molar-refractivity contribution is 0.395. The number of nitrogens with zero attached hydrogens (tertiary/aromatic N) is 2. The third-order valence-corrected chi connectivity index (χ3v) is 4.23. The monoisotopic (exact) mass is 402 g/mol. The zero-order valence-electron chi connectivity index (χ0n) is 14.9. The molecule has 1 aromatic heterocycles. The number of hydrogen-bond donors (Lipinski definition) is 2. The van der Waals surface area contributed by atoms with E-state index in [0.29, 0.717) is 34.0 Å². The molecule has 0 saturated heterocycles. The van der Waals surface area contributed by atoms with Crippen molar-refractivity contribution in [3.05, 3.63) is 65.3 Å². The fourth-order valence-electron chi connectivity index (χ4n) is 2.48. The van der Waals surface area contributed by atoms with Crippen molar-refractivity contribution >= 4 is 40.4 Å². The van der Waals surface area contributed by atoms with E-state index >= 15 is 0 Å². The highest BCUT2D eigenvalue weighted by molar-refractivity contribution is 7.80. The van der Waals surface area contributed by atoms with Crippen LogP contribution in [-0.4, -0.2) is 29.1 Å². The van der Waals surface area contributed by atoms with Gasteiger partial charge >= 0.3 is 0 Å². The van der Waals surface area contributed by atoms with Crippen LogP contribution in [0, 0.1) is 0 Å². The van der Waals surface area contributed by atoms with Crippen LogP contribution in [0.1, 0.15) is 5.56 Å². The molecule has 0 radical (unpaired) electrons. The summed E-state index contributed by atoms with van der Waals surface area (Å²) in [5.41, 5.74) is 1.86. The van der Waals surface area contributed by atoms with Gasteiger partial charge in [0.15, 0.2) is 10.9 Å². The normalized spacial score (nSPS) is 10.3. The Morgan fingerprint density at radius 3 is 2.37 bits per heavy atom. The molecule has 0 fully saturated rings. The van der Waals surface area contributed by atoms with Crippen molar-refractivity contribution in [1.29, 1.82) is 0 Å². The number of rotatable bonds is 6. The number of nitrogens with one attached hydrogen (secondary N) is 2. The Kier molecular flexibility index (Phi) is 6.16. The zero-order chi connectivity index (χ0) is 19.2. The SMILES string of the molecule is COc1cc(NC(=S)Nc2nn(Cc3ccccc3)cc2Cl)cc(OC)c1. The molecule has 0 atom stereocenters. The van der Waals surface area contributed by atoms with Gasteiger partial charge in [0.05, 0.1) is 20.8 Å². The molecule has 3 aromatic rings. The minimum Gasteiger partial charge on any atom is -0.497 e. The van der Waals surface area contributed by atoms with Crippen LogP contribution in [0.5, 0.6) is 11.5 Å². The van der Waals surface area contributed by atoms with Gasteiger partial charge in [0, 0.05) is 30.1 Å². The molecule has 0 aliphatic rings. The molecule has 6 nitrogen and oxygen atoms in total. The highest BCUT2D eigenvalue weighted by Crippen LogP contribution is 2.26. The molecule has 0 amide bonds. The predicted molar refractivity (Wildman–Crippen MR) is 112 cm³/mol. The summed E-state index contributed by atoms with van der Waals surface area (Å²) in [7, 11) is 3.18. The van der Waals surface area contributed by atoms with Crippen molar-refractivity contribution < 1.29 is 9.47 Å². The molecule has 27 heavy (non-hydrogen) atoms. The number of benzene rings is 2. The third kappa shape index (κ3) is 5.12. The first-order valence-corrected chi connectivity index (χ1v) is 8.94. The Balaban J connectivity index is 1.68. The van der Waals surface area contributed by atoms with Gasteiger partial charge < -0.3 is 20.1 Å². The maximum absolute atomic E-state index is 6.28. The molecular weight excluding hydrogens is 384 g/mol. The first-order chi connectivity index (χ1) is 13.1. The van der Waals surface area contributed by atoms with Crippen molar-refractivity contribution in [2.75, 3.05) is 24.9 Å². The van der Waals surface area contributed by atoms with E-state index in [-0.39, 0.29) is 0 Å². The Labute approximate surface area is 168 Å². The molecular formula is C19H19ClN4O2S. The summed E-state index contributed by atoms with van der Waals surface area (Å²) in [6, 6.07) is 15.4. The van der Waals surface area contributed by atoms with E-state index in [1.807, 2.05) is 42.5 Å². The van der Waals surface area contributed by atoms with Crippen molar-refractivity contribution in [3.8, 4) is 11.5 Å². The fourth-order valence-corrected chi connectivity index (χ4v) is 2.89. The molecule has 140 valence electrons.